The standard InChI is InChI=1S/C16H15ClN2O2S/c1-10-7-14(11(2)20-10)16-19-18-15(21-16)9-22-8-12-3-5-13(17)6-4-12/h3-7H,8-9H2,1-2H3. The molecule has 0 saturated carbocycles. The number of thioether (sulfide) groups is 1. The highest BCUT2D eigenvalue weighted by Gasteiger charge is 2.14. The first-order valence-electron chi connectivity index (χ1n) is 6.84. The molecule has 1 aromatic carbocycles. The lowest BCUT2D eigenvalue weighted by molar-refractivity contribution is 0.499. The van der Waals surface area contributed by atoms with Gasteiger partial charge in [0, 0.05) is 10.8 Å². The zero-order valence-corrected chi connectivity index (χ0v) is 13.9. The molecule has 3 rings (SSSR count). The third kappa shape index (κ3) is 3.54. The molecule has 0 atom stereocenters. The fourth-order valence-corrected chi connectivity index (χ4v) is 3.05. The van der Waals surface area contributed by atoms with Gasteiger partial charge in [-0.1, -0.05) is 23.7 Å². The van der Waals surface area contributed by atoms with Crippen LogP contribution in [0.1, 0.15) is 23.0 Å². The number of benzene rings is 1. The first kappa shape index (κ1) is 15.2. The van der Waals surface area contributed by atoms with E-state index in [2.05, 4.69) is 10.2 Å². The predicted molar refractivity (Wildman–Crippen MR) is 87.9 cm³/mol. The van der Waals surface area contributed by atoms with E-state index in [4.69, 9.17) is 20.4 Å². The molecule has 0 radical (unpaired) electrons. The summed E-state index contributed by atoms with van der Waals surface area (Å²) in [7, 11) is 0. The van der Waals surface area contributed by atoms with Crippen LogP contribution in [0.5, 0.6) is 0 Å². The molecule has 0 N–H and O–H groups in total. The lowest BCUT2D eigenvalue weighted by atomic mass is 10.2. The van der Waals surface area contributed by atoms with Gasteiger partial charge >= 0.3 is 0 Å². The third-order valence-corrected chi connectivity index (χ3v) is 4.39. The van der Waals surface area contributed by atoms with E-state index < -0.39 is 0 Å². The quantitative estimate of drug-likeness (QED) is 0.654. The maximum Gasteiger partial charge on any atom is 0.251 e. The van der Waals surface area contributed by atoms with Crippen molar-refractivity contribution < 1.29 is 8.83 Å². The molecule has 4 nitrogen and oxygen atoms in total. The molecule has 3 aromatic rings. The lowest BCUT2D eigenvalue weighted by Gasteiger charge is -1.99. The van der Waals surface area contributed by atoms with Gasteiger partial charge < -0.3 is 8.83 Å². The number of furan rings is 1. The Bertz CT molecular complexity index is 765. The maximum absolute atomic E-state index is 5.87. The number of halogens is 1. The van der Waals surface area contributed by atoms with Crippen LogP contribution in [-0.2, 0) is 11.5 Å². The minimum absolute atomic E-state index is 0.511. The fraction of sp³-hybridized carbons (Fsp3) is 0.250. The normalized spacial score (nSPS) is 11.0. The SMILES string of the molecule is Cc1cc(-c2nnc(CSCc3ccc(Cl)cc3)o2)c(C)o1. The van der Waals surface area contributed by atoms with Crippen molar-refractivity contribution in [3.05, 3.63) is 58.3 Å². The predicted octanol–water partition coefficient (Wildman–Crippen LogP) is 5.03. The molecule has 0 bridgehead atoms. The van der Waals surface area contributed by atoms with Gasteiger partial charge in [0.15, 0.2) is 0 Å². The van der Waals surface area contributed by atoms with Gasteiger partial charge in [-0.15, -0.1) is 22.0 Å². The van der Waals surface area contributed by atoms with Crippen molar-refractivity contribution in [2.75, 3.05) is 0 Å². The maximum atomic E-state index is 5.87. The van der Waals surface area contributed by atoms with E-state index in [0.29, 0.717) is 17.5 Å². The molecule has 0 aliphatic carbocycles. The first-order valence-corrected chi connectivity index (χ1v) is 8.37. The highest BCUT2D eigenvalue weighted by Crippen LogP contribution is 2.26. The van der Waals surface area contributed by atoms with Crippen molar-refractivity contribution in [1.29, 1.82) is 0 Å². The highest BCUT2D eigenvalue weighted by atomic mass is 35.5. The van der Waals surface area contributed by atoms with Crippen molar-refractivity contribution in [2.45, 2.75) is 25.4 Å². The Kier molecular flexibility index (Phi) is 4.55. The summed E-state index contributed by atoms with van der Waals surface area (Å²) in [5.41, 5.74) is 2.08. The van der Waals surface area contributed by atoms with Gasteiger partial charge in [-0.3, -0.25) is 0 Å². The number of hydrogen-bond donors (Lipinski definition) is 0. The summed E-state index contributed by atoms with van der Waals surface area (Å²) in [6.45, 7) is 3.79. The zero-order chi connectivity index (χ0) is 15.5. The number of nitrogens with zero attached hydrogens (tertiary/aromatic N) is 2. The smallest absolute Gasteiger partial charge is 0.251 e. The van der Waals surface area contributed by atoms with Crippen LogP contribution in [0.3, 0.4) is 0 Å². The van der Waals surface area contributed by atoms with Gasteiger partial charge in [-0.2, -0.15) is 0 Å². The van der Waals surface area contributed by atoms with E-state index in [-0.39, 0.29) is 0 Å². The van der Waals surface area contributed by atoms with Crippen LogP contribution in [0.15, 0.2) is 39.2 Å². The minimum Gasteiger partial charge on any atom is -0.466 e. The molecule has 22 heavy (non-hydrogen) atoms. The summed E-state index contributed by atoms with van der Waals surface area (Å²) in [5, 5.41) is 8.93. The molecule has 6 heteroatoms. The van der Waals surface area contributed by atoms with Gasteiger partial charge in [0.25, 0.3) is 5.89 Å². The monoisotopic (exact) mass is 334 g/mol. The summed E-state index contributed by atoms with van der Waals surface area (Å²) < 4.78 is 11.2. The zero-order valence-electron chi connectivity index (χ0n) is 12.3. The molecule has 0 unspecified atom stereocenters. The largest absolute Gasteiger partial charge is 0.466 e. The lowest BCUT2D eigenvalue weighted by Crippen LogP contribution is -1.83. The summed E-state index contributed by atoms with van der Waals surface area (Å²) >= 11 is 7.59. The van der Waals surface area contributed by atoms with Crippen molar-refractivity contribution >= 4 is 23.4 Å². The molecule has 0 saturated heterocycles. The minimum atomic E-state index is 0.511. The summed E-state index contributed by atoms with van der Waals surface area (Å²) in [6.07, 6.45) is 0. The Morgan fingerprint density at radius 3 is 2.50 bits per heavy atom. The summed E-state index contributed by atoms with van der Waals surface area (Å²) in [4.78, 5) is 0. The average Bonchev–Trinajstić information content (AvgIpc) is 3.07. The second-order valence-electron chi connectivity index (χ2n) is 4.95. The molecule has 0 spiro atoms. The summed E-state index contributed by atoms with van der Waals surface area (Å²) in [5.74, 6) is 4.30. The Balaban J connectivity index is 1.60. The molecule has 0 fully saturated rings. The molecule has 114 valence electrons. The molecule has 0 aliphatic heterocycles. The molecule has 0 amide bonds. The second-order valence-corrected chi connectivity index (χ2v) is 6.37. The Hall–Kier alpha value is -1.72. The second kappa shape index (κ2) is 6.58. The molecular formula is C16H15ClN2O2S. The van der Waals surface area contributed by atoms with Gasteiger partial charge in [0.2, 0.25) is 5.89 Å². The van der Waals surface area contributed by atoms with Crippen LogP contribution in [0.4, 0.5) is 0 Å². The average molecular weight is 335 g/mol. The van der Waals surface area contributed by atoms with Crippen molar-refractivity contribution in [1.82, 2.24) is 10.2 Å². The van der Waals surface area contributed by atoms with Gasteiger partial charge in [-0.05, 0) is 37.6 Å². The van der Waals surface area contributed by atoms with Crippen molar-refractivity contribution in [3.63, 3.8) is 0 Å². The number of aryl methyl sites for hydroxylation is 2. The molecule has 2 heterocycles. The van der Waals surface area contributed by atoms with E-state index in [9.17, 15) is 0 Å². The van der Waals surface area contributed by atoms with Crippen LogP contribution in [0, 0.1) is 13.8 Å². The van der Waals surface area contributed by atoms with E-state index in [0.717, 1.165) is 27.9 Å². The van der Waals surface area contributed by atoms with E-state index >= 15 is 0 Å². The van der Waals surface area contributed by atoms with Gasteiger partial charge in [-0.25, -0.2) is 0 Å². The van der Waals surface area contributed by atoms with E-state index in [1.807, 2.05) is 44.2 Å². The Morgan fingerprint density at radius 2 is 1.82 bits per heavy atom. The van der Waals surface area contributed by atoms with Crippen LogP contribution in [0.25, 0.3) is 11.5 Å². The third-order valence-electron chi connectivity index (χ3n) is 3.15. The van der Waals surface area contributed by atoms with E-state index in [1.54, 1.807) is 11.8 Å². The van der Waals surface area contributed by atoms with Crippen molar-refractivity contribution in [3.8, 4) is 11.5 Å². The Morgan fingerprint density at radius 1 is 1.05 bits per heavy atom. The summed E-state index contributed by atoms with van der Waals surface area (Å²) in [6, 6.07) is 9.74. The van der Waals surface area contributed by atoms with Crippen molar-refractivity contribution in [2.24, 2.45) is 0 Å². The molecular weight excluding hydrogens is 320 g/mol. The fourth-order valence-electron chi connectivity index (χ4n) is 2.10. The van der Waals surface area contributed by atoms with Crippen LogP contribution < -0.4 is 0 Å². The number of rotatable bonds is 5. The Labute approximate surface area is 137 Å². The van der Waals surface area contributed by atoms with Crippen LogP contribution >= 0.6 is 23.4 Å². The van der Waals surface area contributed by atoms with Gasteiger partial charge in [0.1, 0.15) is 11.5 Å². The number of hydrogen-bond acceptors (Lipinski definition) is 5. The molecule has 2 aromatic heterocycles. The first-order chi connectivity index (χ1) is 10.6. The van der Waals surface area contributed by atoms with Gasteiger partial charge in [0.05, 0.1) is 11.3 Å². The number of aromatic nitrogens is 2. The van der Waals surface area contributed by atoms with Crippen LogP contribution in [-0.4, -0.2) is 10.2 Å². The van der Waals surface area contributed by atoms with Crippen LogP contribution in [0.2, 0.25) is 5.02 Å². The molecule has 0 aliphatic rings. The van der Waals surface area contributed by atoms with E-state index in [1.165, 1.54) is 5.56 Å². The topological polar surface area (TPSA) is 52.1 Å². The highest BCUT2D eigenvalue weighted by molar-refractivity contribution is 7.97.